The first-order valence-electron chi connectivity index (χ1n) is 10.9. The molecule has 6 rings (SSSR count). The third kappa shape index (κ3) is 2.94. The van der Waals surface area contributed by atoms with Gasteiger partial charge in [-0.3, -0.25) is 0 Å². The molecule has 1 saturated heterocycles. The van der Waals surface area contributed by atoms with Crippen LogP contribution in [0.1, 0.15) is 24.2 Å². The number of carbonyl (C=O) groups excluding carboxylic acids is 1. The number of aromatic nitrogens is 1. The van der Waals surface area contributed by atoms with Gasteiger partial charge in [-0.1, -0.05) is 41.9 Å². The van der Waals surface area contributed by atoms with E-state index in [9.17, 15) is 18.0 Å². The first-order valence-corrected chi connectivity index (χ1v) is 11.3. The molecule has 0 saturated carbocycles. The molecule has 3 aliphatic heterocycles. The van der Waals surface area contributed by atoms with Crippen LogP contribution in [0.15, 0.2) is 66.2 Å². The van der Waals surface area contributed by atoms with E-state index in [2.05, 4.69) is 4.98 Å². The van der Waals surface area contributed by atoms with Crippen LogP contribution in [0.4, 0.5) is 24.5 Å². The Morgan fingerprint density at radius 3 is 2.38 bits per heavy atom. The Morgan fingerprint density at radius 1 is 1.00 bits per heavy atom. The standard InChI is InChI=1S/C26H19ClF3N2O2/c1-32(15-7-8-16(17(27)13-15)14-5-3-2-4-6-14)18-9-12-21(26(28,29)30)31-24(18)22-19-10-11-20(34-19)23(22)25(32)33/h2-9,12-13,19-20H,10-11H2,1H3/q+1. The maximum atomic E-state index is 14.0. The summed E-state index contributed by atoms with van der Waals surface area (Å²) in [6.45, 7) is 0. The molecule has 2 bridgehead atoms. The summed E-state index contributed by atoms with van der Waals surface area (Å²) in [6.07, 6.45) is -4.10. The Balaban J connectivity index is 1.56. The van der Waals surface area contributed by atoms with Crippen LogP contribution in [-0.2, 0) is 15.7 Å². The number of benzene rings is 2. The van der Waals surface area contributed by atoms with Crippen LogP contribution < -0.4 is 4.48 Å². The van der Waals surface area contributed by atoms with E-state index in [4.69, 9.17) is 16.3 Å². The normalized spacial score (nSPS) is 25.5. The Morgan fingerprint density at radius 2 is 1.71 bits per heavy atom. The highest BCUT2D eigenvalue weighted by molar-refractivity contribution is 6.33. The van der Waals surface area contributed by atoms with Crippen LogP contribution in [0, 0.1) is 0 Å². The highest BCUT2D eigenvalue weighted by atomic mass is 35.5. The van der Waals surface area contributed by atoms with Gasteiger partial charge in [-0.25, -0.2) is 9.78 Å². The summed E-state index contributed by atoms with van der Waals surface area (Å²) in [5.41, 5.74) is 2.79. The van der Waals surface area contributed by atoms with Gasteiger partial charge in [-0.15, -0.1) is 0 Å². The lowest BCUT2D eigenvalue weighted by Crippen LogP contribution is -2.51. The van der Waals surface area contributed by atoms with E-state index in [0.29, 0.717) is 40.4 Å². The second-order valence-corrected chi connectivity index (χ2v) is 9.33. The lowest BCUT2D eigenvalue weighted by molar-refractivity contribution is -0.141. The fourth-order valence-corrected chi connectivity index (χ4v) is 5.64. The SMILES string of the molecule is C[N+]1(c2ccc(-c3ccccc3)c(Cl)c2)C(=O)C2=C(c3nc(C(F)(F)F)ccc31)C1CCC2O1. The predicted octanol–water partition coefficient (Wildman–Crippen LogP) is 6.54. The number of hydrogen-bond acceptors (Lipinski definition) is 3. The van der Waals surface area contributed by atoms with Crippen molar-refractivity contribution in [3.63, 3.8) is 0 Å². The quantitative estimate of drug-likeness (QED) is 0.388. The molecule has 172 valence electrons. The molecule has 1 fully saturated rings. The third-order valence-corrected chi connectivity index (χ3v) is 7.36. The second-order valence-electron chi connectivity index (χ2n) is 8.92. The molecule has 3 atom stereocenters. The first kappa shape index (κ1) is 21.5. The highest BCUT2D eigenvalue weighted by Gasteiger charge is 2.57. The van der Waals surface area contributed by atoms with Crippen LogP contribution in [0.2, 0.25) is 5.02 Å². The minimum absolute atomic E-state index is 0.183. The molecule has 1 amide bonds. The number of likely N-dealkylation sites (N-methyl/N-ethyl adjacent to an activating group) is 1. The lowest BCUT2D eigenvalue weighted by Gasteiger charge is -2.37. The number of pyridine rings is 1. The van der Waals surface area contributed by atoms with Gasteiger partial charge < -0.3 is 4.74 Å². The van der Waals surface area contributed by atoms with Gasteiger partial charge in [0, 0.05) is 29.3 Å². The molecule has 8 heteroatoms. The molecule has 4 heterocycles. The molecule has 3 aliphatic rings. The minimum atomic E-state index is -4.60. The van der Waals surface area contributed by atoms with Gasteiger partial charge in [0.05, 0.1) is 29.9 Å². The van der Waals surface area contributed by atoms with Gasteiger partial charge in [0.2, 0.25) is 0 Å². The highest BCUT2D eigenvalue weighted by Crippen LogP contribution is 2.54. The number of halogens is 4. The van der Waals surface area contributed by atoms with Crippen LogP contribution in [0.5, 0.6) is 0 Å². The van der Waals surface area contributed by atoms with Crippen molar-refractivity contribution < 1.29 is 22.7 Å². The zero-order valence-electron chi connectivity index (χ0n) is 18.1. The summed E-state index contributed by atoms with van der Waals surface area (Å²) < 4.78 is 46.2. The van der Waals surface area contributed by atoms with Gasteiger partial charge in [-0.05, 0) is 30.5 Å². The topological polar surface area (TPSA) is 39.2 Å². The maximum absolute atomic E-state index is 14.0. The average molecular weight is 484 g/mol. The molecule has 4 nitrogen and oxygen atoms in total. The van der Waals surface area contributed by atoms with Gasteiger partial charge >= 0.3 is 12.1 Å². The molecular weight excluding hydrogens is 465 g/mol. The van der Waals surface area contributed by atoms with Crippen LogP contribution >= 0.6 is 11.6 Å². The molecule has 0 aliphatic carbocycles. The summed E-state index contributed by atoms with van der Waals surface area (Å²) in [5.74, 6) is -0.222. The Labute approximate surface area is 198 Å². The van der Waals surface area contributed by atoms with E-state index in [1.807, 2.05) is 36.4 Å². The van der Waals surface area contributed by atoms with Crippen molar-refractivity contribution in [1.29, 1.82) is 0 Å². The molecule has 0 N–H and O–H groups in total. The fraction of sp³-hybridized carbons (Fsp3) is 0.231. The number of quaternary nitrogens is 1. The van der Waals surface area contributed by atoms with Crippen molar-refractivity contribution >= 4 is 34.5 Å². The number of nitrogens with zero attached hydrogens (tertiary/aromatic N) is 2. The zero-order chi connectivity index (χ0) is 23.8. The summed E-state index contributed by atoms with van der Waals surface area (Å²) in [4.78, 5) is 18.0. The summed E-state index contributed by atoms with van der Waals surface area (Å²) >= 11 is 6.66. The van der Waals surface area contributed by atoms with Gasteiger partial charge in [-0.2, -0.15) is 17.7 Å². The van der Waals surface area contributed by atoms with Crippen molar-refractivity contribution in [2.75, 3.05) is 7.05 Å². The maximum Gasteiger partial charge on any atom is 0.433 e. The van der Waals surface area contributed by atoms with Crippen molar-refractivity contribution in [1.82, 2.24) is 9.47 Å². The molecule has 34 heavy (non-hydrogen) atoms. The molecule has 3 aromatic rings. The van der Waals surface area contributed by atoms with E-state index < -0.39 is 24.1 Å². The Bertz CT molecular complexity index is 1390. The van der Waals surface area contributed by atoms with Crippen LogP contribution in [0.25, 0.3) is 16.7 Å². The number of ether oxygens (including phenoxy) is 1. The minimum Gasteiger partial charge on any atom is -0.365 e. The van der Waals surface area contributed by atoms with Gasteiger partial charge in [0.25, 0.3) is 0 Å². The second kappa shape index (κ2) is 7.25. The molecule has 3 unspecified atom stereocenters. The average Bonchev–Trinajstić information content (AvgIpc) is 3.44. The molecule has 0 radical (unpaired) electrons. The van der Waals surface area contributed by atoms with E-state index >= 15 is 0 Å². The van der Waals surface area contributed by atoms with Crippen LogP contribution in [0.3, 0.4) is 0 Å². The molecular formula is C26H19ClF3N2O2+. The van der Waals surface area contributed by atoms with E-state index in [0.717, 1.165) is 17.2 Å². The van der Waals surface area contributed by atoms with Crippen molar-refractivity contribution in [3.05, 3.63) is 82.6 Å². The largest absolute Gasteiger partial charge is 0.433 e. The number of fused-ring (bicyclic) bond motifs is 6. The van der Waals surface area contributed by atoms with E-state index in [-0.39, 0.29) is 16.1 Å². The van der Waals surface area contributed by atoms with Crippen LogP contribution in [-0.4, -0.2) is 30.1 Å². The fourth-order valence-electron chi connectivity index (χ4n) is 5.35. The summed E-state index contributed by atoms with van der Waals surface area (Å²) in [5, 5.41) is 0.446. The Kier molecular flexibility index (Phi) is 4.59. The zero-order valence-corrected chi connectivity index (χ0v) is 18.8. The number of amides is 1. The summed E-state index contributed by atoms with van der Waals surface area (Å²) in [6, 6.07) is 17.2. The third-order valence-electron chi connectivity index (χ3n) is 7.05. The first-order chi connectivity index (χ1) is 16.2. The number of alkyl halides is 3. The number of rotatable bonds is 2. The monoisotopic (exact) mass is 483 g/mol. The van der Waals surface area contributed by atoms with Gasteiger partial charge in [0.1, 0.15) is 17.1 Å². The smallest absolute Gasteiger partial charge is 0.365 e. The van der Waals surface area contributed by atoms with E-state index in [1.54, 1.807) is 19.2 Å². The van der Waals surface area contributed by atoms with Crippen molar-refractivity contribution in [2.24, 2.45) is 0 Å². The van der Waals surface area contributed by atoms with E-state index in [1.165, 1.54) is 6.07 Å². The Hall–Kier alpha value is -3.00. The summed E-state index contributed by atoms with van der Waals surface area (Å²) in [7, 11) is 1.68. The van der Waals surface area contributed by atoms with Crippen molar-refractivity contribution in [3.8, 4) is 11.1 Å². The predicted molar refractivity (Wildman–Crippen MR) is 123 cm³/mol. The van der Waals surface area contributed by atoms with Gasteiger partial charge in [0.15, 0.2) is 5.69 Å². The van der Waals surface area contributed by atoms with Crippen molar-refractivity contribution in [2.45, 2.75) is 31.2 Å². The lowest BCUT2D eigenvalue weighted by atomic mass is 9.84. The molecule has 0 spiro atoms. The molecule has 2 aromatic carbocycles. The number of carbonyl (C=O) groups is 1. The number of hydrogen-bond donors (Lipinski definition) is 0. The molecule has 1 aromatic heterocycles.